The first-order valence-corrected chi connectivity index (χ1v) is 7.53. The summed E-state index contributed by atoms with van der Waals surface area (Å²) in [6.45, 7) is 5.43. The van der Waals surface area contributed by atoms with Gasteiger partial charge in [-0.2, -0.15) is 0 Å². The molecular formula is C18H22FN3. The Kier molecular flexibility index (Phi) is 5.95. The molecule has 2 rings (SSSR count). The molecule has 2 aromatic carbocycles. The van der Waals surface area contributed by atoms with Crippen LogP contribution in [0.25, 0.3) is 0 Å². The number of hydrogen-bond acceptors (Lipinski definition) is 1. The quantitative estimate of drug-likeness (QED) is 0.653. The molecule has 0 heterocycles. The Morgan fingerprint density at radius 1 is 1.09 bits per heavy atom. The van der Waals surface area contributed by atoms with Crippen LogP contribution in [0.2, 0.25) is 0 Å². The third-order valence-corrected chi connectivity index (χ3v) is 3.33. The third-order valence-electron chi connectivity index (χ3n) is 3.33. The highest BCUT2D eigenvalue weighted by atomic mass is 19.1. The first kappa shape index (κ1) is 16.0. The van der Waals surface area contributed by atoms with E-state index < -0.39 is 0 Å². The van der Waals surface area contributed by atoms with Crippen LogP contribution >= 0.6 is 0 Å². The van der Waals surface area contributed by atoms with Gasteiger partial charge in [-0.25, -0.2) is 9.38 Å². The van der Waals surface area contributed by atoms with Crippen molar-refractivity contribution in [2.24, 2.45) is 4.99 Å². The van der Waals surface area contributed by atoms with Crippen LogP contribution in [-0.4, -0.2) is 12.5 Å². The molecule has 0 saturated carbocycles. The van der Waals surface area contributed by atoms with Gasteiger partial charge in [-0.3, -0.25) is 0 Å². The zero-order chi connectivity index (χ0) is 15.8. The van der Waals surface area contributed by atoms with E-state index in [4.69, 9.17) is 0 Å². The Balaban J connectivity index is 2.02. The highest BCUT2D eigenvalue weighted by Crippen LogP contribution is 2.11. The Bertz CT molecular complexity index is 593. The molecule has 0 spiro atoms. The minimum absolute atomic E-state index is 0.159. The Morgan fingerprint density at radius 3 is 2.41 bits per heavy atom. The minimum Gasteiger partial charge on any atom is -0.357 e. The highest BCUT2D eigenvalue weighted by Gasteiger charge is 2.06. The third kappa shape index (κ3) is 4.88. The van der Waals surface area contributed by atoms with E-state index in [2.05, 4.69) is 34.7 Å². The summed E-state index contributed by atoms with van der Waals surface area (Å²) in [7, 11) is 0. The lowest BCUT2D eigenvalue weighted by molar-refractivity contribution is 0.627. The second kappa shape index (κ2) is 8.17. The first-order chi connectivity index (χ1) is 10.7. The number of rotatable bonds is 5. The van der Waals surface area contributed by atoms with Crippen LogP contribution in [0.1, 0.15) is 31.0 Å². The van der Waals surface area contributed by atoms with Gasteiger partial charge in [0, 0.05) is 6.54 Å². The van der Waals surface area contributed by atoms with E-state index in [0.717, 1.165) is 18.1 Å². The molecule has 0 aliphatic carbocycles. The lowest BCUT2D eigenvalue weighted by Gasteiger charge is -2.18. The second-order valence-corrected chi connectivity index (χ2v) is 5.10. The van der Waals surface area contributed by atoms with Gasteiger partial charge in [0.15, 0.2) is 5.96 Å². The van der Waals surface area contributed by atoms with Crippen LogP contribution in [0.5, 0.6) is 0 Å². The van der Waals surface area contributed by atoms with E-state index >= 15 is 0 Å². The summed E-state index contributed by atoms with van der Waals surface area (Å²) >= 11 is 0. The molecule has 0 bridgehead atoms. The van der Waals surface area contributed by atoms with Gasteiger partial charge in [-0.15, -0.1) is 0 Å². The van der Waals surface area contributed by atoms with E-state index in [9.17, 15) is 4.39 Å². The van der Waals surface area contributed by atoms with Crippen molar-refractivity contribution in [3.63, 3.8) is 0 Å². The molecule has 1 unspecified atom stereocenters. The van der Waals surface area contributed by atoms with Crippen LogP contribution < -0.4 is 10.6 Å². The van der Waals surface area contributed by atoms with Crippen molar-refractivity contribution in [1.82, 2.24) is 10.6 Å². The molecule has 116 valence electrons. The molecule has 0 saturated heterocycles. The number of hydrogen-bond donors (Lipinski definition) is 2. The Labute approximate surface area is 131 Å². The lowest BCUT2D eigenvalue weighted by Crippen LogP contribution is -2.38. The number of aliphatic imine (C=N–C) groups is 1. The van der Waals surface area contributed by atoms with Gasteiger partial charge in [0.2, 0.25) is 0 Å². The number of halogens is 1. The maximum atomic E-state index is 12.9. The summed E-state index contributed by atoms with van der Waals surface area (Å²) in [5, 5.41) is 6.61. The van der Waals surface area contributed by atoms with Crippen molar-refractivity contribution in [2.75, 3.05) is 6.54 Å². The van der Waals surface area contributed by atoms with Crippen LogP contribution in [0.3, 0.4) is 0 Å². The molecule has 3 nitrogen and oxygen atoms in total. The standard InChI is InChI=1S/C18H22FN3/c1-3-20-18(21-13-15-9-11-17(19)12-10-15)22-14(2)16-7-5-4-6-8-16/h4-12,14H,3,13H2,1-2H3,(H2,20,21,22). The van der Waals surface area contributed by atoms with E-state index in [1.54, 1.807) is 12.1 Å². The SMILES string of the molecule is CCNC(=NCc1ccc(F)cc1)NC(C)c1ccccc1. The van der Waals surface area contributed by atoms with E-state index in [1.807, 2.05) is 25.1 Å². The smallest absolute Gasteiger partial charge is 0.192 e. The predicted octanol–water partition coefficient (Wildman–Crippen LogP) is 3.64. The summed E-state index contributed by atoms with van der Waals surface area (Å²) in [4.78, 5) is 4.55. The highest BCUT2D eigenvalue weighted by molar-refractivity contribution is 5.80. The van der Waals surface area contributed by atoms with Crippen LogP contribution in [0.4, 0.5) is 4.39 Å². The first-order valence-electron chi connectivity index (χ1n) is 7.53. The van der Waals surface area contributed by atoms with Crippen molar-refractivity contribution in [3.05, 3.63) is 71.5 Å². The predicted molar refractivity (Wildman–Crippen MR) is 89.2 cm³/mol. The Morgan fingerprint density at radius 2 is 1.77 bits per heavy atom. The molecule has 0 fully saturated rings. The molecule has 0 amide bonds. The number of benzene rings is 2. The van der Waals surface area contributed by atoms with Gasteiger partial charge >= 0.3 is 0 Å². The minimum atomic E-state index is -0.226. The van der Waals surface area contributed by atoms with E-state index in [1.165, 1.54) is 17.7 Å². The summed E-state index contributed by atoms with van der Waals surface area (Å²) in [6.07, 6.45) is 0. The molecule has 0 aromatic heterocycles. The van der Waals surface area contributed by atoms with Gasteiger partial charge in [0.25, 0.3) is 0 Å². The van der Waals surface area contributed by atoms with Gasteiger partial charge < -0.3 is 10.6 Å². The average molecular weight is 299 g/mol. The number of nitrogens with zero attached hydrogens (tertiary/aromatic N) is 1. The molecule has 2 aromatic rings. The van der Waals surface area contributed by atoms with Gasteiger partial charge in [0.05, 0.1) is 12.6 Å². The molecule has 1 atom stereocenters. The van der Waals surface area contributed by atoms with Gasteiger partial charge in [-0.1, -0.05) is 42.5 Å². The van der Waals surface area contributed by atoms with Crippen LogP contribution in [-0.2, 0) is 6.54 Å². The van der Waals surface area contributed by atoms with Crippen molar-refractivity contribution in [1.29, 1.82) is 0 Å². The number of nitrogens with one attached hydrogen (secondary N) is 2. The number of guanidine groups is 1. The van der Waals surface area contributed by atoms with Crippen molar-refractivity contribution in [3.8, 4) is 0 Å². The van der Waals surface area contributed by atoms with Crippen molar-refractivity contribution >= 4 is 5.96 Å². The summed E-state index contributed by atoms with van der Waals surface area (Å²) in [5.74, 6) is 0.527. The van der Waals surface area contributed by atoms with Crippen molar-refractivity contribution in [2.45, 2.75) is 26.4 Å². The normalized spacial score (nSPS) is 12.8. The summed E-state index contributed by atoms with van der Waals surface area (Å²) < 4.78 is 12.9. The molecule has 2 N–H and O–H groups in total. The van der Waals surface area contributed by atoms with Crippen LogP contribution in [0, 0.1) is 5.82 Å². The zero-order valence-corrected chi connectivity index (χ0v) is 13.0. The molecule has 0 radical (unpaired) electrons. The monoisotopic (exact) mass is 299 g/mol. The molecule has 4 heteroatoms. The maximum Gasteiger partial charge on any atom is 0.192 e. The van der Waals surface area contributed by atoms with Crippen molar-refractivity contribution < 1.29 is 4.39 Å². The Hall–Kier alpha value is -2.36. The van der Waals surface area contributed by atoms with Gasteiger partial charge in [0.1, 0.15) is 5.82 Å². The van der Waals surface area contributed by atoms with E-state index in [0.29, 0.717) is 6.54 Å². The van der Waals surface area contributed by atoms with Gasteiger partial charge in [-0.05, 0) is 37.1 Å². The topological polar surface area (TPSA) is 36.4 Å². The fourth-order valence-electron chi connectivity index (χ4n) is 2.11. The fourth-order valence-corrected chi connectivity index (χ4v) is 2.11. The largest absolute Gasteiger partial charge is 0.357 e. The summed E-state index contributed by atoms with van der Waals surface area (Å²) in [6, 6.07) is 16.8. The van der Waals surface area contributed by atoms with Crippen LogP contribution in [0.15, 0.2) is 59.6 Å². The average Bonchev–Trinajstić information content (AvgIpc) is 2.55. The van der Waals surface area contributed by atoms with E-state index in [-0.39, 0.29) is 11.9 Å². The molecular weight excluding hydrogens is 277 g/mol. The fraction of sp³-hybridized carbons (Fsp3) is 0.278. The lowest BCUT2D eigenvalue weighted by atomic mass is 10.1. The molecule has 0 aliphatic rings. The molecule has 22 heavy (non-hydrogen) atoms. The maximum absolute atomic E-state index is 12.9. The zero-order valence-electron chi connectivity index (χ0n) is 13.0. The molecule has 0 aliphatic heterocycles. The second-order valence-electron chi connectivity index (χ2n) is 5.10. The summed E-state index contributed by atoms with van der Waals surface area (Å²) in [5.41, 5.74) is 2.18.